The van der Waals surface area contributed by atoms with Crippen LogP contribution in [0.15, 0.2) is 0 Å². The number of carbonyl (C=O) groups is 1. The molecule has 0 saturated carbocycles. The lowest BCUT2D eigenvalue weighted by molar-refractivity contribution is -0.372. The van der Waals surface area contributed by atoms with Crippen LogP contribution in [0, 0.1) is 0 Å². The molecule has 0 aromatic heterocycles. The Morgan fingerprint density at radius 1 is 0.792 bits per heavy atom. The van der Waals surface area contributed by atoms with E-state index in [1.807, 2.05) is 0 Å². The molecule has 2 heterocycles. The zero-order chi connectivity index (χ0) is 18.2. The van der Waals surface area contributed by atoms with E-state index in [0.29, 0.717) is 0 Å². The topological polar surface area (TPSA) is 207 Å². The van der Waals surface area contributed by atoms with Gasteiger partial charge in [-0.3, -0.25) is 0 Å². The van der Waals surface area contributed by atoms with Crippen molar-refractivity contribution >= 4 is 5.97 Å². The highest BCUT2D eigenvalue weighted by atomic mass is 16.8. The first-order valence-electron chi connectivity index (χ1n) is 7.07. The van der Waals surface area contributed by atoms with Crippen molar-refractivity contribution in [1.29, 1.82) is 0 Å². The van der Waals surface area contributed by atoms with Crippen molar-refractivity contribution in [2.75, 3.05) is 6.61 Å². The molecule has 0 amide bonds. The first kappa shape index (κ1) is 19.4. The van der Waals surface area contributed by atoms with E-state index in [2.05, 4.69) is 0 Å². The van der Waals surface area contributed by atoms with Gasteiger partial charge in [-0.25, -0.2) is 4.79 Å². The highest BCUT2D eigenvalue weighted by molar-refractivity contribution is 5.73. The van der Waals surface area contributed by atoms with Crippen molar-refractivity contribution in [3.63, 3.8) is 0 Å². The van der Waals surface area contributed by atoms with E-state index in [0.717, 1.165) is 0 Å². The summed E-state index contributed by atoms with van der Waals surface area (Å²) in [7, 11) is 0. The first-order valence-corrected chi connectivity index (χ1v) is 7.07. The Kier molecular flexibility index (Phi) is 6.09. The molecule has 2 saturated heterocycles. The maximum atomic E-state index is 11.0. The van der Waals surface area contributed by atoms with Crippen LogP contribution in [0.25, 0.3) is 0 Å². The van der Waals surface area contributed by atoms with Crippen LogP contribution in [-0.2, 0) is 19.0 Å². The van der Waals surface area contributed by atoms with Gasteiger partial charge in [-0.05, 0) is 0 Å². The Hall–Kier alpha value is -0.930. The summed E-state index contributed by atoms with van der Waals surface area (Å²) in [5.41, 5.74) is 0. The summed E-state index contributed by atoms with van der Waals surface area (Å²) < 4.78 is 14.9. The fraction of sp³-hybridized carbons (Fsp3) is 0.917. The standard InChI is InChI=1S/C12H20O12/c13-1-2-3(14)4(15)7(18)11(22-2)24-12-8(19)5(16)6(17)9(23-12)10(20)21/h2-9,11-19H,1H2,(H,20,21)/t2-,3-,4+,5+,6+,7+,8-,9-,11?,12+/m1/s1. The Morgan fingerprint density at radius 3 is 1.79 bits per heavy atom. The van der Waals surface area contributed by atoms with Crippen LogP contribution in [0.1, 0.15) is 0 Å². The van der Waals surface area contributed by atoms with Gasteiger partial charge in [0.05, 0.1) is 6.61 Å². The van der Waals surface area contributed by atoms with E-state index in [9.17, 15) is 35.4 Å². The number of aliphatic hydroxyl groups is 7. The third-order valence-corrected chi connectivity index (χ3v) is 3.93. The van der Waals surface area contributed by atoms with E-state index in [1.165, 1.54) is 0 Å². The second-order valence-corrected chi connectivity index (χ2v) is 5.57. The number of carboxylic acid groups (broad SMARTS) is 1. The Morgan fingerprint density at radius 2 is 1.29 bits per heavy atom. The molecule has 0 aromatic rings. The summed E-state index contributed by atoms with van der Waals surface area (Å²) in [5.74, 6) is -1.63. The van der Waals surface area contributed by atoms with Crippen molar-refractivity contribution in [2.24, 2.45) is 0 Å². The highest BCUT2D eigenvalue weighted by Gasteiger charge is 2.51. The molecule has 0 aliphatic carbocycles. The zero-order valence-electron chi connectivity index (χ0n) is 12.2. The second kappa shape index (κ2) is 7.53. The molecule has 12 nitrogen and oxygen atoms in total. The van der Waals surface area contributed by atoms with Crippen molar-refractivity contribution < 1.29 is 59.9 Å². The highest BCUT2D eigenvalue weighted by Crippen LogP contribution is 2.28. The van der Waals surface area contributed by atoms with Crippen LogP contribution in [0.3, 0.4) is 0 Å². The lowest BCUT2D eigenvalue weighted by atomic mass is 9.98. The third kappa shape index (κ3) is 3.52. The van der Waals surface area contributed by atoms with E-state index < -0.39 is 74.0 Å². The molecule has 2 aliphatic rings. The maximum absolute atomic E-state index is 11.0. The monoisotopic (exact) mass is 356 g/mol. The van der Waals surface area contributed by atoms with Crippen molar-refractivity contribution in [3.05, 3.63) is 0 Å². The third-order valence-electron chi connectivity index (χ3n) is 3.93. The number of aliphatic hydroxyl groups excluding tert-OH is 7. The van der Waals surface area contributed by atoms with Gasteiger partial charge < -0.3 is 55.1 Å². The molecule has 24 heavy (non-hydrogen) atoms. The minimum absolute atomic E-state index is 0.724. The molecule has 10 atom stereocenters. The van der Waals surface area contributed by atoms with Crippen LogP contribution in [0.5, 0.6) is 0 Å². The largest absolute Gasteiger partial charge is 0.479 e. The Labute approximate surface area is 135 Å². The minimum atomic E-state index is -1.92. The van der Waals surface area contributed by atoms with Crippen molar-refractivity contribution in [2.45, 2.75) is 61.4 Å². The number of ether oxygens (including phenoxy) is 3. The van der Waals surface area contributed by atoms with Crippen LogP contribution in [0.4, 0.5) is 0 Å². The molecule has 2 fully saturated rings. The van der Waals surface area contributed by atoms with Gasteiger partial charge in [-0.2, -0.15) is 0 Å². The average Bonchev–Trinajstić information content (AvgIpc) is 2.55. The fourth-order valence-corrected chi connectivity index (χ4v) is 2.48. The number of hydrogen-bond donors (Lipinski definition) is 8. The molecular formula is C12H20O12. The van der Waals surface area contributed by atoms with Gasteiger partial charge >= 0.3 is 5.97 Å². The van der Waals surface area contributed by atoms with E-state index in [4.69, 9.17) is 24.4 Å². The summed E-state index contributed by atoms with van der Waals surface area (Å²) in [6, 6.07) is 0. The lowest BCUT2D eigenvalue weighted by Crippen LogP contribution is -2.64. The number of aliphatic carboxylic acids is 1. The van der Waals surface area contributed by atoms with Crippen molar-refractivity contribution in [1.82, 2.24) is 0 Å². The van der Waals surface area contributed by atoms with Crippen LogP contribution in [0.2, 0.25) is 0 Å². The smallest absolute Gasteiger partial charge is 0.335 e. The van der Waals surface area contributed by atoms with Crippen molar-refractivity contribution in [3.8, 4) is 0 Å². The van der Waals surface area contributed by atoms with E-state index in [1.54, 1.807) is 0 Å². The van der Waals surface area contributed by atoms with E-state index >= 15 is 0 Å². The summed E-state index contributed by atoms with van der Waals surface area (Å²) in [6.45, 7) is -0.724. The Bertz CT molecular complexity index is 444. The predicted octanol–water partition coefficient (Wildman–Crippen LogP) is -5.30. The molecule has 2 aliphatic heterocycles. The summed E-state index contributed by atoms with van der Waals surface area (Å²) in [6.07, 6.45) is -17.7. The molecule has 0 radical (unpaired) electrons. The van der Waals surface area contributed by atoms with Gasteiger partial charge in [0.25, 0.3) is 0 Å². The minimum Gasteiger partial charge on any atom is -0.479 e. The average molecular weight is 356 g/mol. The quantitative estimate of drug-likeness (QED) is 0.238. The Balaban J connectivity index is 2.11. The van der Waals surface area contributed by atoms with Gasteiger partial charge in [0.15, 0.2) is 18.7 Å². The van der Waals surface area contributed by atoms with Gasteiger partial charge in [-0.1, -0.05) is 0 Å². The molecule has 140 valence electrons. The lowest BCUT2D eigenvalue weighted by Gasteiger charge is -2.44. The summed E-state index contributed by atoms with van der Waals surface area (Å²) in [4.78, 5) is 11.0. The maximum Gasteiger partial charge on any atom is 0.335 e. The van der Waals surface area contributed by atoms with Crippen LogP contribution >= 0.6 is 0 Å². The summed E-state index contributed by atoms with van der Waals surface area (Å²) in [5, 5.41) is 76.1. The molecule has 8 N–H and O–H groups in total. The molecule has 0 aromatic carbocycles. The molecule has 0 spiro atoms. The molecule has 1 unspecified atom stereocenters. The van der Waals surface area contributed by atoms with Gasteiger partial charge in [0, 0.05) is 0 Å². The van der Waals surface area contributed by atoms with Crippen LogP contribution in [-0.4, -0.2) is 115 Å². The fourth-order valence-electron chi connectivity index (χ4n) is 2.48. The molecule has 12 heteroatoms. The van der Waals surface area contributed by atoms with Gasteiger partial charge in [0.1, 0.15) is 42.7 Å². The molecule has 2 rings (SSSR count). The first-order chi connectivity index (χ1) is 11.2. The van der Waals surface area contributed by atoms with E-state index in [-0.39, 0.29) is 0 Å². The molecular weight excluding hydrogens is 336 g/mol. The number of hydrogen-bond acceptors (Lipinski definition) is 11. The van der Waals surface area contributed by atoms with Gasteiger partial charge in [0.2, 0.25) is 0 Å². The number of carboxylic acids is 1. The summed E-state index contributed by atoms with van der Waals surface area (Å²) >= 11 is 0. The number of rotatable bonds is 4. The molecule has 0 bridgehead atoms. The SMILES string of the molecule is O=C(O)[C@@H]1O[C@@H](OC2O[C@H](CO)[C@@H](O)[C@H](O)[C@@H]2O)[C@H](O)[C@@H](O)[C@@H]1O. The van der Waals surface area contributed by atoms with Gasteiger partial charge in [-0.15, -0.1) is 0 Å². The predicted molar refractivity (Wildman–Crippen MR) is 69.2 cm³/mol. The second-order valence-electron chi connectivity index (χ2n) is 5.57. The van der Waals surface area contributed by atoms with Crippen LogP contribution < -0.4 is 0 Å². The zero-order valence-corrected chi connectivity index (χ0v) is 12.2. The normalized spacial score (nSPS) is 49.8.